The van der Waals surface area contributed by atoms with E-state index in [1.165, 1.54) is 6.21 Å². The molecule has 7 heteroatoms. The molecule has 0 atom stereocenters. The molecule has 2 N–H and O–H groups in total. The van der Waals surface area contributed by atoms with Gasteiger partial charge in [0.25, 0.3) is 5.56 Å². The first-order valence-electron chi connectivity index (χ1n) is 8.25. The van der Waals surface area contributed by atoms with E-state index in [0.29, 0.717) is 12.0 Å². The maximum absolute atomic E-state index is 12.6. The molecule has 6 nitrogen and oxygen atoms in total. The van der Waals surface area contributed by atoms with Gasteiger partial charge in [0.2, 0.25) is 5.95 Å². The van der Waals surface area contributed by atoms with Crippen LogP contribution in [0.2, 0.25) is 0 Å². The molecular formula is C20H16FN5O. The molecule has 3 aromatic rings. The molecule has 0 spiro atoms. The van der Waals surface area contributed by atoms with Gasteiger partial charge in [0, 0.05) is 12.0 Å². The highest BCUT2D eigenvalue weighted by atomic mass is 19.1. The first-order valence-corrected chi connectivity index (χ1v) is 8.25. The van der Waals surface area contributed by atoms with Gasteiger partial charge in [-0.15, -0.1) is 0 Å². The number of hydrogen-bond donors (Lipinski definition) is 2. The maximum Gasteiger partial charge on any atom is 0.270 e. The lowest BCUT2D eigenvalue weighted by Crippen LogP contribution is -2.16. The first kappa shape index (κ1) is 18.0. The summed E-state index contributed by atoms with van der Waals surface area (Å²) < 4.78 is 12.6. The van der Waals surface area contributed by atoms with Crippen molar-refractivity contribution in [3.8, 4) is 17.3 Å². The first-order chi connectivity index (χ1) is 13.2. The second-order valence-electron chi connectivity index (χ2n) is 5.62. The summed E-state index contributed by atoms with van der Waals surface area (Å²) in [5.41, 5.74) is 4.57. The summed E-state index contributed by atoms with van der Waals surface area (Å²) in [4.78, 5) is 19.0. The molecule has 0 saturated carbocycles. The quantitative estimate of drug-likeness (QED) is 0.520. The van der Waals surface area contributed by atoms with Crippen LogP contribution in [-0.2, 0) is 6.42 Å². The lowest BCUT2D eigenvalue weighted by atomic mass is 10.1. The molecule has 3 rings (SSSR count). The zero-order valence-electron chi connectivity index (χ0n) is 14.3. The molecule has 0 aliphatic rings. The predicted octanol–water partition coefficient (Wildman–Crippen LogP) is 3.27. The van der Waals surface area contributed by atoms with E-state index in [0.717, 1.165) is 11.1 Å². The predicted molar refractivity (Wildman–Crippen MR) is 102 cm³/mol. The SMILES string of the molecule is N#Cc1c(-c2ccccc2)nc(NN=Cc2ccccc2CCF)[nH]c1=O. The minimum Gasteiger partial charge on any atom is -0.290 e. The van der Waals surface area contributed by atoms with Gasteiger partial charge in [-0.25, -0.2) is 10.4 Å². The van der Waals surface area contributed by atoms with Crippen LogP contribution in [-0.4, -0.2) is 22.9 Å². The van der Waals surface area contributed by atoms with Crippen LogP contribution in [0.15, 0.2) is 64.5 Å². The number of aromatic amines is 1. The molecule has 0 aliphatic heterocycles. The number of rotatable bonds is 6. The average Bonchev–Trinajstić information content (AvgIpc) is 2.70. The smallest absolute Gasteiger partial charge is 0.270 e. The fourth-order valence-corrected chi connectivity index (χ4v) is 2.59. The molecule has 27 heavy (non-hydrogen) atoms. The summed E-state index contributed by atoms with van der Waals surface area (Å²) in [5.74, 6) is 0.108. The van der Waals surface area contributed by atoms with Gasteiger partial charge in [-0.05, 0) is 11.1 Å². The van der Waals surface area contributed by atoms with Crippen LogP contribution in [0.3, 0.4) is 0 Å². The van der Waals surface area contributed by atoms with E-state index in [9.17, 15) is 14.4 Å². The molecule has 0 radical (unpaired) electrons. The Hall–Kier alpha value is -3.79. The summed E-state index contributed by atoms with van der Waals surface area (Å²) in [6, 6.07) is 18.2. The summed E-state index contributed by atoms with van der Waals surface area (Å²) in [7, 11) is 0. The molecule has 134 valence electrons. The third-order valence-electron chi connectivity index (χ3n) is 3.87. The molecule has 1 heterocycles. The Morgan fingerprint density at radius 2 is 1.93 bits per heavy atom. The van der Waals surface area contributed by atoms with Crippen molar-refractivity contribution >= 4 is 12.2 Å². The summed E-state index contributed by atoms with van der Waals surface area (Å²) in [6.07, 6.45) is 1.83. The molecule has 0 unspecified atom stereocenters. The summed E-state index contributed by atoms with van der Waals surface area (Å²) in [5, 5.41) is 13.3. The number of alkyl halides is 1. The zero-order chi connectivity index (χ0) is 19.1. The van der Waals surface area contributed by atoms with Crippen LogP contribution in [0.1, 0.15) is 16.7 Å². The minimum absolute atomic E-state index is 0.0657. The van der Waals surface area contributed by atoms with Crippen LogP contribution >= 0.6 is 0 Å². The number of H-pyrrole nitrogens is 1. The fourth-order valence-electron chi connectivity index (χ4n) is 2.59. The van der Waals surface area contributed by atoms with Gasteiger partial charge in [0.05, 0.1) is 18.6 Å². The monoisotopic (exact) mass is 361 g/mol. The number of halogens is 1. The van der Waals surface area contributed by atoms with Crippen molar-refractivity contribution in [3.63, 3.8) is 0 Å². The highest BCUT2D eigenvalue weighted by molar-refractivity contribution is 5.82. The van der Waals surface area contributed by atoms with Crippen LogP contribution < -0.4 is 11.0 Å². The Morgan fingerprint density at radius 1 is 1.19 bits per heavy atom. The van der Waals surface area contributed by atoms with E-state index in [1.54, 1.807) is 24.3 Å². The second kappa shape index (κ2) is 8.54. The molecule has 0 bridgehead atoms. The number of nitrogens with one attached hydrogen (secondary N) is 2. The fraction of sp³-hybridized carbons (Fsp3) is 0.100. The van der Waals surface area contributed by atoms with Gasteiger partial charge < -0.3 is 0 Å². The maximum atomic E-state index is 12.6. The molecule has 0 saturated heterocycles. The summed E-state index contributed by atoms with van der Waals surface area (Å²) >= 11 is 0. The molecule has 1 aromatic heterocycles. The van der Waals surface area contributed by atoms with Crippen LogP contribution in [0, 0.1) is 11.3 Å². The number of hydrazone groups is 1. The van der Waals surface area contributed by atoms with E-state index in [4.69, 9.17) is 0 Å². The van der Waals surface area contributed by atoms with Crippen molar-refractivity contribution in [3.05, 3.63) is 81.6 Å². The molecular weight excluding hydrogens is 345 g/mol. The van der Waals surface area contributed by atoms with Crippen molar-refractivity contribution in [2.75, 3.05) is 12.1 Å². The van der Waals surface area contributed by atoms with Crippen molar-refractivity contribution in [1.29, 1.82) is 5.26 Å². The normalized spacial score (nSPS) is 10.7. The molecule has 0 fully saturated rings. The van der Waals surface area contributed by atoms with Crippen LogP contribution in [0.25, 0.3) is 11.3 Å². The molecule has 0 amide bonds. The van der Waals surface area contributed by atoms with E-state index in [1.807, 2.05) is 36.4 Å². The van der Waals surface area contributed by atoms with Crippen LogP contribution in [0.4, 0.5) is 10.3 Å². The number of hydrogen-bond acceptors (Lipinski definition) is 5. The van der Waals surface area contributed by atoms with Gasteiger partial charge in [-0.2, -0.15) is 10.4 Å². The number of nitrogens with zero attached hydrogens (tertiary/aromatic N) is 3. The molecule has 2 aromatic carbocycles. The third-order valence-corrected chi connectivity index (χ3v) is 3.87. The Morgan fingerprint density at radius 3 is 2.67 bits per heavy atom. The van der Waals surface area contributed by atoms with Gasteiger partial charge in [-0.1, -0.05) is 54.6 Å². The highest BCUT2D eigenvalue weighted by Gasteiger charge is 2.12. The van der Waals surface area contributed by atoms with E-state index >= 15 is 0 Å². The topological polar surface area (TPSA) is 93.9 Å². The van der Waals surface area contributed by atoms with Gasteiger partial charge in [0.1, 0.15) is 11.6 Å². The summed E-state index contributed by atoms with van der Waals surface area (Å²) in [6.45, 7) is -0.455. The Kier molecular flexibility index (Phi) is 5.70. The lowest BCUT2D eigenvalue weighted by Gasteiger charge is -2.06. The third kappa shape index (κ3) is 4.25. The Balaban J connectivity index is 1.90. The number of anilines is 1. The minimum atomic E-state index is -0.554. The van der Waals surface area contributed by atoms with Gasteiger partial charge in [0.15, 0.2) is 0 Å². The zero-order valence-corrected chi connectivity index (χ0v) is 14.3. The van der Waals surface area contributed by atoms with Crippen molar-refractivity contribution < 1.29 is 4.39 Å². The van der Waals surface area contributed by atoms with E-state index in [-0.39, 0.29) is 17.2 Å². The van der Waals surface area contributed by atoms with Crippen LogP contribution in [0.5, 0.6) is 0 Å². The number of benzene rings is 2. The standard InChI is InChI=1S/C20H16FN5O/c21-11-10-14-6-4-5-9-16(14)13-23-26-20-24-18(15-7-2-1-3-8-15)17(12-22)19(27)25-20/h1-9,13H,10-11H2,(H2,24,25,26,27). The van der Waals surface area contributed by atoms with E-state index < -0.39 is 12.2 Å². The number of nitriles is 1. The molecule has 0 aliphatic carbocycles. The second-order valence-corrected chi connectivity index (χ2v) is 5.62. The van der Waals surface area contributed by atoms with Crippen molar-refractivity contribution in [2.24, 2.45) is 5.10 Å². The van der Waals surface area contributed by atoms with E-state index in [2.05, 4.69) is 20.5 Å². The Bertz CT molecular complexity index is 1050. The number of aryl methyl sites for hydroxylation is 1. The van der Waals surface area contributed by atoms with Gasteiger partial charge in [-0.3, -0.25) is 14.2 Å². The van der Waals surface area contributed by atoms with Gasteiger partial charge >= 0.3 is 0 Å². The highest BCUT2D eigenvalue weighted by Crippen LogP contribution is 2.19. The lowest BCUT2D eigenvalue weighted by molar-refractivity contribution is 0.495. The van der Waals surface area contributed by atoms with Crippen molar-refractivity contribution in [2.45, 2.75) is 6.42 Å². The number of aromatic nitrogens is 2. The largest absolute Gasteiger partial charge is 0.290 e. The average molecular weight is 361 g/mol. The Labute approximate surface area is 155 Å². The van der Waals surface area contributed by atoms with Crippen molar-refractivity contribution in [1.82, 2.24) is 9.97 Å².